The van der Waals surface area contributed by atoms with Crippen molar-refractivity contribution in [3.63, 3.8) is 0 Å². The van der Waals surface area contributed by atoms with Gasteiger partial charge in [0.05, 0.1) is 0 Å². The van der Waals surface area contributed by atoms with E-state index in [0.717, 1.165) is 13.1 Å². The topological polar surface area (TPSA) is 15.3 Å². The lowest BCUT2D eigenvalue weighted by molar-refractivity contribution is -0.0322. The Balaban J connectivity index is 1.74. The number of nitrogens with zero attached hydrogens (tertiary/aromatic N) is 1. The van der Waals surface area contributed by atoms with E-state index >= 15 is 0 Å². The Hall–Kier alpha value is -0.150. The van der Waals surface area contributed by atoms with E-state index in [2.05, 4.69) is 10.2 Å². The maximum atomic E-state index is 13.0. The molecule has 2 spiro atoms. The van der Waals surface area contributed by atoms with Crippen LogP contribution in [0.1, 0.15) is 64.2 Å². The first kappa shape index (κ1) is 13.8. The highest BCUT2D eigenvalue weighted by molar-refractivity contribution is 5.07. The summed E-state index contributed by atoms with van der Waals surface area (Å²) in [6.07, 6.45) is 13.3. The first-order chi connectivity index (χ1) is 9.29. The molecule has 110 valence electrons. The predicted octanol–water partition coefficient (Wildman–Crippen LogP) is 3.27. The molecule has 0 amide bonds. The van der Waals surface area contributed by atoms with Crippen LogP contribution in [0.5, 0.6) is 0 Å². The second kappa shape index (κ2) is 5.69. The van der Waals surface area contributed by atoms with Crippen LogP contribution in [0.2, 0.25) is 0 Å². The lowest BCUT2D eigenvalue weighted by atomic mass is 9.73. The van der Waals surface area contributed by atoms with E-state index in [1.54, 1.807) is 0 Å². The molecule has 0 atom stereocenters. The summed E-state index contributed by atoms with van der Waals surface area (Å²) in [5.74, 6) is 0. The molecule has 2 nitrogen and oxygen atoms in total. The maximum absolute atomic E-state index is 13.0. The van der Waals surface area contributed by atoms with Gasteiger partial charge in [-0.3, -0.25) is 4.90 Å². The van der Waals surface area contributed by atoms with E-state index in [0.29, 0.717) is 12.1 Å². The molecule has 2 aliphatic carbocycles. The minimum absolute atomic E-state index is 0.183. The fourth-order valence-corrected chi connectivity index (χ4v) is 4.74. The van der Waals surface area contributed by atoms with Gasteiger partial charge < -0.3 is 5.32 Å². The van der Waals surface area contributed by atoms with Crippen molar-refractivity contribution in [1.29, 1.82) is 0 Å². The zero-order valence-electron chi connectivity index (χ0n) is 12.2. The standard InChI is InChI=1S/C16H29FN2/c17-11-12-19-14-15(7-3-1-4-8-15)18-13-16(19)9-5-2-6-10-16/h18H,1-14H2. The quantitative estimate of drug-likeness (QED) is 0.827. The fourth-order valence-electron chi connectivity index (χ4n) is 4.74. The van der Waals surface area contributed by atoms with Gasteiger partial charge >= 0.3 is 0 Å². The summed E-state index contributed by atoms with van der Waals surface area (Å²) in [5.41, 5.74) is 0.600. The van der Waals surface area contributed by atoms with Gasteiger partial charge in [-0.15, -0.1) is 0 Å². The van der Waals surface area contributed by atoms with Gasteiger partial charge in [0.15, 0.2) is 0 Å². The van der Waals surface area contributed by atoms with E-state index in [1.807, 2.05) is 0 Å². The molecule has 1 aliphatic heterocycles. The number of hydrogen-bond donors (Lipinski definition) is 1. The molecule has 0 radical (unpaired) electrons. The van der Waals surface area contributed by atoms with Crippen molar-refractivity contribution in [1.82, 2.24) is 10.2 Å². The molecule has 3 fully saturated rings. The summed E-state index contributed by atoms with van der Waals surface area (Å²) in [7, 11) is 0. The Morgan fingerprint density at radius 3 is 2.16 bits per heavy atom. The molecule has 0 aromatic heterocycles. The summed E-state index contributed by atoms with van der Waals surface area (Å²) in [6.45, 7) is 2.67. The highest BCUT2D eigenvalue weighted by atomic mass is 19.1. The SMILES string of the molecule is FCCN1CC2(CCCCC2)NCC12CCCCC2. The largest absolute Gasteiger partial charge is 0.308 e. The van der Waals surface area contributed by atoms with Crippen molar-refractivity contribution < 1.29 is 4.39 Å². The third-order valence-electron chi connectivity index (χ3n) is 5.91. The Bertz CT molecular complexity index is 293. The highest BCUT2D eigenvalue weighted by Crippen LogP contribution is 2.40. The molecule has 0 unspecified atom stereocenters. The monoisotopic (exact) mass is 268 g/mol. The number of nitrogens with one attached hydrogen (secondary N) is 1. The van der Waals surface area contributed by atoms with Gasteiger partial charge in [0.2, 0.25) is 0 Å². The Kier molecular flexibility index (Phi) is 4.14. The van der Waals surface area contributed by atoms with Crippen LogP contribution in [0.25, 0.3) is 0 Å². The van der Waals surface area contributed by atoms with E-state index in [9.17, 15) is 4.39 Å². The van der Waals surface area contributed by atoms with E-state index < -0.39 is 0 Å². The van der Waals surface area contributed by atoms with Gasteiger partial charge in [0.1, 0.15) is 6.67 Å². The van der Waals surface area contributed by atoms with Crippen molar-refractivity contribution in [2.24, 2.45) is 0 Å². The molecule has 2 saturated carbocycles. The molecule has 0 aromatic rings. The molecule has 1 heterocycles. The van der Waals surface area contributed by atoms with Gasteiger partial charge in [-0.1, -0.05) is 38.5 Å². The highest BCUT2D eigenvalue weighted by Gasteiger charge is 2.47. The summed E-state index contributed by atoms with van der Waals surface area (Å²) in [5, 5.41) is 3.92. The fraction of sp³-hybridized carbons (Fsp3) is 1.00. The second-order valence-corrected chi connectivity index (χ2v) is 7.09. The third kappa shape index (κ3) is 2.69. The number of alkyl halides is 1. The second-order valence-electron chi connectivity index (χ2n) is 7.09. The van der Waals surface area contributed by atoms with Gasteiger partial charge in [-0.25, -0.2) is 4.39 Å². The first-order valence-corrected chi connectivity index (χ1v) is 8.35. The minimum Gasteiger partial charge on any atom is -0.308 e. The maximum Gasteiger partial charge on any atom is 0.102 e. The predicted molar refractivity (Wildman–Crippen MR) is 77.2 cm³/mol. The van der Waals surface area contributed by atoms with Crippen molar-refractivity contribution in [3.8, 4) is 0 Å². The Morgan fingerprint density at radius 2 is 1.53 bits per heavy atom. The van der Waals surface area contributed by atoms with Crippen LogP contribution in [0.4, 0.5) is 4.39 Å². The summed E-state index contributed by atoms with van der Waals surface area (Å²) in [6, 6.07) is 0. The molecular formula is C16H29FN2. The van der Waals surface area contributed by atoms with Gasteiger partial charge in [0.25, 0.3) is 0 Å². The van der Waals surface area contributed by atoms with Crippen LogP contribution >= 0.6 is 0 Å². The molecule has 3 aliphatic rings. The summed E-state index contributed by atoms with van der Waals surface area (Å²) >= 11 is 0. The third-order valence-corrected chi connectivity index (χ3v) is 5.91. The van der Waals surface area contributed by atoms with Crippen LogP contribution in [0.15, 0.2) is 0 Å². The average Bonchev–Trinajstić information content (AvgIpc) is 2.46. The Labute approximate surface area is 117 Å². The van der Waals surface area contributed by atoms with Crippen LogP contribution in [-0.2, 0) is 0 Å². The lowest BCUT2D eigenvalue weighted by Crippen LogP contribution is -2.71. The lowest BCUT2D eigenvalue weighted by Gasteiger charge is -2.57. The van der Waals surface area contributed by atoms with E-state index in [1.165, 1.54) is 64.2 Å². The van der Waals surface area contributed by atoms with Crippen LogP contribution in [0, 0.1) is 0 Å². The molecule has 0 aromatic carbocycles. The van der Waals surface area contributed by atoms with Crippen molar-refractivity contribution >= 4 is 0 Å². The van der Waals surface area contributed by atoms with Crippen molar-refractivity contribution in [2.75, 3.05) is 26.3 Å². The summed E-state index contributed by atoms with van der Waals surface area (Å²) < 4.78 is 13.0. The minimum atomic E-state index is -0.183. The normalized spacial score (nSPS) is 30.8. The van der Waals surface area contributed by atoms with Crippen molar-refractivity contribution in [3.05, 3.63) is 0 Å². The van der Waals surface area contributed by atoms with Crippen LogP contribution in [0.3, 0.4) is 0 Å². The van der Waals surface area contributed by atoms with Gasteiger partial charge in [-0.2, -0.15) is 0 Å². The number of piperazine rings is 1. The van der Waals surface area contributed by atoms with Gasteiger partial charge in [-0.05, 0) is 25.7 Å². The molecule has 19 heavy (non-hydrogen) atoms. The number of hydrogen-bond acceptors (Lipinski definition) is 2. The van der Waals surface area contributed by atoms with E-state index in [-0.39, 0.29) is 12.2 Å². The zero-order chi connectivity index (χ0) is 13.2. The average molecular weight is 268 g/mol. The smallest absolute Gasteiger partial charge is 0.102 e. The molecular weight excluding hydrogens is 239 g/mol. The molecule has 3 heteroatoms. The molecule has 0 bridgehead atoms. The number of halogens is 1. The molecule has 3 rings (SSSR count). The van der Waals surface area contributed by atoms with Crippen molar-refractivity contribution in [2.45, 2.75) is 75.3 Å². The van der Waals surface area contributed by atoms with Crippen LogP contribution in [-0.4, -0.2) is 42.3 Å². The molecule has 1 N–H and O–H groups in total. The Morgan fingerprint density at radius 1 is 0.895 bits per heavy atom. The summed E-state index contributed by atoms with van der Waals surface area (Å²) in [4.78, 5) is 2.54. The number of rotatable bonds is 2. The van der Waals surface area contributed by atoms with E-state index in [4.69, 9.17) is 0 Å². The van der Waals surface area contributed by atoms with Crippen LogP contribution < -0.4 is 5.32 Å². The zero-order valence-corrected chi connectivity index (χ0v) is 12.2. The first-order valence-electron chi connectivity index (χ1n) is 8.35. The molecule has 1 saturated heterocycles. The van der Waals surface area contributed by atoms with Gasteiger partial charge in [0, 0.05) is 30.7 Å².